The number of aromatic nitrogens is 2. The number of aliphatic hydroxyl groups is 4. The first-order valence-electron chi connectivity index (χ1n) is 9.83. The molecule has 0 bridgehead atoms. The number of hydrogen-bond acceptors (Lipinski definition) is 9. The van der Waals surface area contributed by atoms with Crippen LogP contribution >= 0.6 is 34.8 Å². The SMILES string of the molecule is COc1cc2c(Nc3cc(Cl)c(Cl)c(Cl)c3)ncnc2cc1O[C@H](CO)[C@H](O)[C@@H](O)[C@H](F)CO.O. The number of halogens is 4. The van der Waals surface area contributed by atoms with Crippen LogP contribution in [0, 0.1) is 0 Å². The highest BCUT2D eigenvalue weighted by Gasteiger charge is 2.34. The molecule has 1 heterocycles. The van der Waals surface area contributed by atoms with E-state index in [9.17, 15) is 19.7 Å². The molecular weight excluding hydrogens is 532 g/mol. The minimum Gasteiger partial charge on any atom is -0.493 e. The standard InChI is InChI=1S/C21H21Cl3FN3O6.H2O/c1-33-15-4-10-14(5-16(15)34-17(7-30)20(32)19(31)13(25)6-29)26-8-27-21(10)28-9-2-11(22)18(24)12(23)3-9;/h2-5,8,13,17,19-20,29-32H,6-7H2,1H3,(H,26,27,28);1H2/t13-,17-,19+,20+;/m1./s1. The van der Waals surface area contributed by atoms with Crippen molar-refractivity contribution in [3.05, 3.63) is 45.7 Å². The average molecular weight is 555 g/mol. The van der Waals surface area contributed by atoms with Gasteiger partial charge in [-0.05, 0) is 18.2 Å². The van der Waals surface area contributed by atoms with Crippen molar-refractivity contribution in [1.82, 2.24) is 9.97 Å². The molecule has 0 saturated carbocycles. The zero-order chi connectivity index (χ0) is 25.0. The Hall–Kier alpha value is -2.22. The van der Waals surface area contributed by atoms with Gasteiger partial charge in [-0.25, -0.2) is 14.4 Å². The van der Waals surface area contributed by atoms with Crippen LogP contribution in [0.5, 0.6) is 11.5 Å². The summed E-state index contributed by atoms with van der Waals surface area (Å²) in [6, 6.07) is 6.15. The molecule has 3 aromatic rings. The summed E-state index contributed by atoms with van der Waals surface area (Å²) < 4.78 is 24.6. The van der Waals surface area contributed by atoms with Crippen molar-refractivity contribution >= 4 is 57.2 Å². The first-order valence-corrected chi connectivity index (χ1v) is 11.0. The lowest BCUT2D eigenvalue weighted by molar-refractivity contribution is -0.0981. The van der Waals surface area contributed by atoms with Crippen LogP contribution in [0.3, 0.4) is 0 Å². The fourth-order valence-corrected chi connectivity index (χ4v) is 3.70. The number of nitrogens with zero attached hydrogens (tertiary/aromatic N) is 2. The van der Waals surface area contributed by atoms with Gasteiger partial charge < -0.3 is 40.7 Å². The van der Waals surface area contributed by atoms with E-state index in [1.165, 1.54) is 19.5 Å². The summed E-state index contributed by atoms with van der Waals surface area (Å²) in [5, 5.41) is 42.8. The third-order valence-electron chi connectivity index (χ3n) is 4.90. The molecular formula is C21H23Cl3FN3O7. The second kappa shape index (κ2) is 12.7. The first kappa shape index (κ1) is 29.0. The summed E-state index contributed by atoms with van der Waals surface area (Å²) in [4.78, 5) is 8.43. The molecule has 0 unspecified atom stereocenters. The summed E-state index contributed by atoms with van der Waals surface area (Å²) in [5.74, 6) is 0.611. The predicted octanol–water partition coefficient (Wildman–Crippen LogP) is 2.31. The van der Waals surface area contributed by atoms with Crippen LogP contribution in [0.25, 0.3) is 10.9 Å². The Balaban J connectivity index is 0.00000432. The van der Waals surface area contributed by atoms with E-state index < -0.39 is 37.7 Å². The Kier molecular flexibility index (Phi) is 10.5. The van der Waals surface area contributed by atoms with Gasteiger partial charge in [0, 0.05) is 17.1 Å². The van der Waals surface area contributed by atoms with E-state index in [2.05, 4.69) is 15.3 Å². The van der Waals surface area contributed by atoms with Gasteiger partial charge in [-0.2, -0.15) is 0 Å². The summed E-state index contributed by atoms with van der Waals surface area (Å²) in [6.07, 6.45) is -6.08. The Morgan fingerprint density at radius 3 is 2.20 bits per heavy atom. The molecule has 0 amide bonds. The van der Waals surface area contributed by atoms with Crippen LogP contribution in [0.4, 0.5) is 15.9 Å². The van der Waals surface area contributed by atoms with E-state index in [1.807, 2.05) is 0 Å². The summed E-state index contributed by atoms with van der Waals surface area (Å²) in [7, 11) is 1.37. The molecule has 0 fully saturated rings. The zero-order valence-electron chi connectivity index (χ0n) is 18.1. The van der Waals surface area contributed by atoms with Gasteiger partial charge in [-0.15, -0.1) is 0 Å². The largest absolute Gasteiger partial charge is 0.493 e. The van der Waals surface area contributed by atoms with Crippen LogP contribution in [0.15, 0.2) is 30.6 Å². The molecule has 0 saturated heterocycles. The number of methoxy groups -OCH3 is 1. The van der Waals surface area contributed by atoms with Crippen LogP contribution < -0.4 is 14.8 Å². The number of rotatable bonds is 10. The second-order valence-corrected chi connectivity index (χ2v) is 8.33. The van der Waals surface area contributed by atoms with Gasteiger partial charge in [0.1, 0.15) is 24.4 Å². The van der Waals surface area contributed by atoms with Gasteiger partial charge in [0.15, 0.2) is 23.8 Å². The molecule has 10 nitrogen and oxygen atoms in total. The zero-order valence-corrected chi connectivity index (χ0v) is 20.4. The van der Waals surface area contributed by atoms with Crippen molar-refractivity contribution < 1.29 is 39.8 Å². The number of anilines is 2. The Bertz CT molecular complexity index is 1140. The van der Waals surface area contributed by atoms with E-state index in [-0.39, 0.29) is 32.0 Å². The maximum Gasteiger partial charge on any atom is 0.164 e. The highest BCUT2D eigenvalue weighted by Crippen LogP contribution is 2.37. The van der Waals surface area contributed by atoms with E-state index in [4.69, 9.17) is 49.4 Å². The molecule has 0 aliphatic heterocycles. The Morgan fingerprint density at radius 1 is 0.971 bits per heavy atom. The first-order chi connectivity index (χ1) is 16.2. The van der Waals surface area contributed by atoms with E-state index in [0.717, 1.165) is 0 Å². The van der Waals surface area contributed by atoms with Gasteiger partial charge in [0.2, 0.25) is 0 Å². The molecule has 0 aliphatic rings. The highest BCUT2D eigenvalue weighted by molar-refractivity contribution is 6.48. The van der Waals surface area contributed by atoms with Gasteiger partial charge in [0.25, 0.3) is 0 Å². The van der Waals surface area contributed by atoms with Crippen molar-refractivity contribution in [2.75, 3.05) is 25.6 Å². The highest BCUT2D eigenvalue weighted by atomic mass is 35.5. The van der Waals surface area contributed by atoms with Gasteiger partial charge >= 0.3 is 0 Å². The smallest absolute Gasteiger partial charge is 0.164 e. The van der Waals surface area contributed by atoms with E-state index >= 15 is 0 Å². The van der Waals surface area contributed by atoms with Gasteiger partial charge in [-0.3, -0.25) is 0 Å². The normalized spacial score (nSPS) is 14.5. The quantitative estimate of drug-likeness (QED) is 0.236. The third kappa shape index (κ3) is 6.51. The molecule has 4 atom stereocenters. The van der Waals surface area contributed by atoms with Crippen molar-refractivity contribution in [2.24, 2.45) is 0 Å². The maximum absolute atomic E-state index is 13.6. The Labute approximate surface area is 214 Å². The van der Waals surface area contributed by atoms with Gasteiger partial charge in [-0.1, -0.05) is 34.8 Å². The van der Waals surface area contributed by atoms with Crippen molar-refractivity contribution in [1.29, 1.82) is 0 Å². The number of fused-ring (bicyclic) bond motifs is 1. The maximum atomic E-state index is 13.6. The van der Waals surface area contributed by atoms with Crippen molar-refractivity contribution in [2.45, 2.75) is 24.5 Å². The second-order valence-electron chi connectivity index (χ2n) is 7.14. The van der Waals surface area contributed by atoms with Crippen molar-refractivity contribution in [3.63, 3.8) is 0 Å². The molecule has 0 radical (unpaired) electrons. The van der Waals surface area contributed by atoms with E-state index in [0.29, 0.717) is 22.4 Å². The monoisotopic (exact) mass is 553 g/mol. The summed E-state index contributed by atoms with van der Waals surface area (Å²) in [5.41, 5.74) is 0.908. The molecule has 14 heteroatoms. The predicted molar refractivity (Wildman–Crippen MR) is 130 cm³/mol. The number of nitrogens with one attached hydrogen (secondary N) is 1. The lowest BCUT2D eigenvalue weighted by Gasteiger charge is -2.28. The minimum atomic E-state index is -2.12. The fraction of sp³-hybridized carbons (Fsp3) is 0.333. The van der Waals surface area contributed by atoms with Crippen LogP contribution in [0.2, 0.25) is 15.1 Å². The third-order valence-corrected chi connectivity index (χ3v) is 6.10. The molecule has 35 heavy (non-hydrogen) atoms. The topological polar surface area (TPSA) is 169 Å². The lowest BCUT2D eigenvalue weighted by atomic mass is 10.0. The summed E-state index contributed by atoms with van der Waals surface area (Å²) >= 11 is 18.2. The molecule has 3 rings (SSSR count). The Morgan fingerprint density at radius 2 is 1.63 bits per heavy atom. The van der Waals surface area contributed by atoms with Crippen molar-refractivity contribution in [3.8, 4) is 11.5 Å². The number of alkyl halides is 1. The lowest BCUT2D eigenvalue weighted by Crippen LogP contribution is -2.48. The molecule has 2 aromatic carbocycles. The summed E-state index contributed by atoms with van der Waals surface area (Å²) in [6.45, 7) is -1.77. The van der Waals surface area contributed by atoms with E-state index in [1.54, 1.807) is 18.2 Å². The number of ether oxygens (including phenoxy) is 2. The molecule has 192 valence electrons. The fourth-order valence-electron chi connectivity index (χ4n) is 3.10. The molecule has 7 N–H and O–H groups in total. The number of benzene rings is 2. The van der Waals surface area contributed by atoms with Gasteiger partial charge in [0.05, 0.1) is 40.9 Å². The number of aliphatic hydroxyl groups excluding tert-OH is 4. The molecule has 0 spiro atoms. The van der Waals surface area contributed by atoms with Crippen LogP contribution in [-0.4, -0.2) is 80.7 Å². The molecule has 1 aromatic heterocycles. The molecule has 0 aliphatic carbocycles. The number of hydrogen-bond donors (Lipinski definition) is 5. The minimum absolute atomic E-state index is 0. The average Bonchev–Trinajstić information content (AvgIpc) is 2.83. The van der Waals surface area contributed by atoms with Crippen LogP contribution in [-0.2, 0) is 0 Å². The van der Waals surface area contributed by atoms with Crippen LogP contribution in [0.1, 0.15) is 0 Å².